The van der Waals surface area contributed by atoms with Crippen molar-refractivity contribution >= 4 is 43.1 Å². The third-order valence-electron chi connectivity index (χ3n) is 6.50. The van der Waals surface area contributed by atoms with Gasteiger partial charge < -0.3 is 0 Å². The average Bonchev–Trinajstić information content (AvgIpc) is 2.80. The van der Waals surface area contributed by atoms with Gasteiger partial charge in [-0.2, -0.15) is 0 Å². The molecular formula is C30H22. The Hall–Kier alpha value is -3.64. The monoisotopic (exact) mass is 382 g/mol. The van der Waals surface area contributed by atoms with Crippen LogP contribution < -0.4 is 0 Å². The van der Waals surface area contributed by atoms with Crippen molar-refractivity contribution in [2.24, 2.45) is 0 Å². The van der Waals surface area contributed by atoms with Crippen LogP contribution in [0.2, 0.25) is 0 Å². The van der Waals surface area contributed by atoms with Crippen LogP contribution in [0.5, 0.6) is 0 Å². The molecule has 0 heteroatoms. The lowest BCUT2D eigenvalue weighted by molar-refractivity contribution is 1.45. The molecular weight excluding hydrogens is 360 g/mol. The molecule has 0 unspecified atom stereocenters. The first-order valence-electron chi connectivity index (χ1n) is 10.6. The number of rotatable bonds is 1. The van der Waals surface area contributed by atoms with Gasteiger partial charge in [-0.3, -0.25) is 0 Å². The Kier molecular flexibility index (Phi) is 3.70. The van der Waals surface area contributed by atoms with Crippen molar-refractivity contribution in [1.29, 1.82) is 0 Å². The van der Waals surface area contributed by atoms with Gasteiger partial charge in [0.1, 0.15) is 0 Å². The summed E-state index contributed by atoms with van der Waals surface area (Å²) in [7, 11) is 0. The largest absolute Gasteiger partial charge is 0.0616 e. The number of aryl methyl sites for hydroxylation is 2. The van der Waals surface area contributed by atoms with Crippen LogP contribution in [0.3, 0.4) is 0 Å². The van der Waals surface area contributed by atoms with E-state index in [1.54, 1.807) is 0 Å². The molecule has 0 bridgehead atoms. The second-order valence-corrected chi connectivity index (χ2v) is 8.25. The van der Waals surface area contributed by atoms with Gasteiger partial charge in [-0.25, -0.2) is 0 Å². The second kappa shape index (κ2) is 6.43. The van der Waals surface area contributed by atoms with E-state index in [-0.39, 0.29) is 0 Å². The molecule has 0 amide bonds. The van der Waals surface area contributed by atoms with E-state index in [0.29, 0.717) is 0 Å². The molecule has 0 nitrogen and oxygen atoms in total. The molecule has 0 heterocycles. The zero-order valence-corrected chi connectivity index (χ0v) is 17.2. The van der Waals surface area contributed by atoms with Crippen molar-refractivity contribution in [3.8, 4) is 11.1 Å². The maximum Gasteiger partial charge on any atom is -0.00174 e. The van der Waals surface area contributed by atoms with Gasteiger partial charge in [-0.05, 0) is 79.2 Å². The predicted octanol–water partition coefficient (Wildman–Crippen LogP) is 8.58. The summed E-state index contributed by atoms with van der Waals surface area (Å²) in [6.45, 7) is 4.49. The Morgan fingerprint density at radius 2 is 0.833 bits per heavy atom. The number of hydrogen-bond donors (Lipinski definition) is 0. The summed E-state index contributed by atoms with van der Waals surface area (Å²) in [5.74, 6) is 0. The van der Waals surface area contributed by atoms with Crippen molar-refractivity contribution in [1.82, 2.24) is 0 Å². The lowest BCUT2D eigenvalue weighted by Gasteiger charge is -2.19. The Morgan fingerprint density at radius 3 is 1.53 bits per heavy atom. The standard InChI is InChI=1S/C30H22/c1-19-15-17-21-9-3-4-10-22(21)28(19)29-20(2)16-18-27-25-13-6-5-11-23(25)24-12-7-8-14-26(24)30(27)29/h3-18H,1-2H3. The van der Waals surface area contributed by atoms with Crippen LogP contribution in [0.1, 0.15) is 11.1 Å². The van der Waals surface area contributed by atoms with E-state index in [1.165, 1.54) is 65.3 Å². The normalized spacial score (nSPS) is 11.7. The molecule has 0 aliphatic carbocycles. The predicted molar refractivity (Wildman–Crippen MR) is 131 cm³/mol. The van der Waals surface area contributed by atoms with Crippen molar-refractivity contribution in [2.45, 2.75) is 13.8 Å². The molecule has 0 radical (unpaired) electrons. The molecule has 0 N–H and O–H groups in total. The summed E-state index contributed by atoms with van der Waals surface area (Å²) in [5.41, 5.74) is 5.37. The fourth-order valence-corrected chi connectivity index (χ4v) is 5.13. The van der Waals surface area contributed by atoms with Crippen LogP contribution >= 0.6 is 0 Å². The number of hydrogen-bond acceptors (Lipinski definition) is 0. The summed E-state index contributed by atoms with van der Waals surface area (Å²) in [6, 6.07) is 35.5. The molecule has 0 aliphatic heterocycles. The van der Waals surface area contributed by atoms with E-state index in [4.69, 9.17) is 0 Å². The molecule has 0 saturated heterocycles. The maximum absolute atomic E-state index is 2.31. The van der Waals surface area contributed by atoms with Gasteiger partial charge >= 0.3 is 0 Å². The highest BCUT2D eigenvalue weighted by atomic mass is 14.2. The summed E-state index contributed by atoms with van der Waals surface area (Å²) in [4.78, 5) is 0. The highest BCUT2D eigenvalue weighted by molar-refractivity contribution is 6.29. The third kappa shape index (κ3) is 2.34. The summed E-state index contributed by atoms with van der Waals surface area (Å²) < 4.78 is 0. The van der Waals surface area contributed by atoms with Gasteiger partial charge in [0.2, 0.25) is 0 Å². The molecule has 0 fully saturated rings. The Labute approximate surface area is 176 Å². The van der Waals surface area contributed by atoms with Gasteiger partial charge in [0.05, 0.1) is 0 Å². The van der Waals surface area contributed by atoms with Crippen LogP contribution in [0, 0.1) is 13.8 Å². The lowest BCUT2D eigenvalue weighted by Crippen LogP contribution is -1.93. The molecule has 0 saturated carbocycles. The number of benzene rings is 6. The van der Waals surface area contributed by atoms with E-state index in [0.717, 1.165) is 0 Å². The molecule has 0 spiro atoms. The Bertz CT molecular complexity index is 1570. The van der Waals surface area contributed by atoms with Gasteiger partial charge in [0.15, 0.2) is 0 Å². The fourth-order valence-electron chi connectivity index (χ4n) is 5.13. The topological polar surface area (TPSA) is 0 Å². The summed E-state index contributed by atoms with van der Waals surface area (Å²) >= 11 is 0. The minimum Gasteiger partial charge on any atom is -0.0616 e. The zero-order valence-electron chi connectivity index (χ0n) is 17.2. The van der Waals surface area contributed by atoms with E-state index in [1.807, 2.05) is 0 Å². The molecule has 142 valence electrons. The minimum absolute atomic E-state index is 1.29. The van der Waals surface area contributed by atoms with Gasteiger partial charge in [-0.1, -0.05) is 97.1 Å². The Balaban J connectivity index is 1.93. The molecule has 6 aromatic carbocycles. The third-order valence-corrected chi connectivity index (χ3v) is 6.50. The van der Waals surface area contributed by atoms with Crippen LogP contribution in [0.4, 0.5) is 0 Å². The summed E-state index contributed by atoms with van der Waals surface area (Å²) in [6.07, 6.45) is 0. The molecule has 6 aromatic rings. The molecule has 0 aliphatic rings. The first-order valence-corrected chi connectivity index (χ1v) is 10.6. The minimum atomic E-state index is 1.29. The van der Waals surface area contributed by atoms with E-state index >= 15 is 0 Å². The highest BCUT2D eigenvalue weighted by Crippen LogP contribution is 2.44. The average molecular weight is 383 g/mol. The quantitative estimate of drug-likeness (QED) is 0.250. The molecule has 0 atom stereocenters. The van der Waals surface area contributed by atoms with Gasteiger partial charge in [0, 0.05) is 0 Å². The SMILES string of the molecule is Cc1ccc2ccccc2c1-c1c(C)ccc2c3ccccc3c3ccccc3c12. The maximum atomic E-state index is 2.31. The van der Waals surface area contributed by atoms with E-state index in [2.05, 4.69) is 111 Å². The molecule has 30 heavy (non-hydrogen) atoms. The fraction of sp³-hybridized carbons (Fsp3) is 0.0667. The van der Waals surface area contributed by atoms with E-state index in [9.17, 15) is 0 Å². The van der Waals surface area contributed by atoms with Crippen LogP contribution in [0.15, 0.2) is 97.1 Å². The van der Waals surface area contributed by atoms with Gasteiger partial charge in [0.25, 0.3) is 0 Å². The summed E-state index contributed by atoms with van der Waals surface area (Å²) in [5, 5.41) is 10.6. The molecule has 0 aromatic heterocycles. The highest BCUT2D eigenvalue weighted by Gasteiger charge is 2.17. The Morgan fingerprint density at radius 1 is 0.367 bits per heavy atom. The van der Waals surface area contributed by atoms with Crippen molar-refractivity contribution in [3.63, 3.8) is 0 Å². The van der Waals surface area contributed by atoms with Crippen molar-refractivity contribution in [2.75, 3.05) is 0 Å². The molecule has 6 rings (SSSR count). The zero-order chi connectivity index (χ0) is 20.2. The number of fused-ring (bicyclic) bond motifs is 7. The lowest BCUT2D eigenvalue weighted by atomic mass is 9.84. The first-order chi connectivity index (χ1) is 14.7. The van der Waals surface area contributed by atoms with Crippen LogP contribution in [0.25, 0.3) is 54.2 Å². The van der Waals surface area contributed by atoms with E-state index < -0.39 is 0 Å². The first kappa shape index (κ1) is 17.2. The van der Waals surface area contributed by atoms with Crippen molar-refractivity contribution in [3.05, 3.63) is 108 Å². The van der Waals surface area contributed by atoms with Crippen molar-refractivity contribution < 1.29 is 0 Å². The second-order valence-electron chi connectivity index (χ2n) is 8.25. The van der Waals surface area contributed by atoms with Gasteiger partial charge in [-0.15, -0.1) is 0 Å². The smallest absolute Gasteiger partial charge is 0.00174 e. The van der Waals surface area contributed by atoms with Crippen LogP contribution in [-0.4, -0.2) is 0 Å². The van der Waals surface area contributed by atoms with Crippen LogP contribution in [-0.2, 0) is 0 Å².